The van der Waals surface area contributed by atoms with E-state index in [9.17, 15) is 0 Å². The van der Waals surface area contributed by atoms with Gasteiger partial charge < -0.3 is 10.3 Å². The van der Waals surface area contributed by atoms with E-state index in [1.54, 1.807) is 12.1 Å². The first-order valence-corrected chi connectivity index (χ1v) is 7.09. The van der Waals surface area contributed by atoms with Gasteiger partial charge in [-0.05, 0) is 19.1 Å². The molecule has 0 bridgehead atoms. The van der Waals surface area contributed by atoms with Gasteiger partial charge in [0.15, 0.2) is 11.6 Å². The van der Waals surface area contributed by atoms with Crippen LogP contribution in [0.2, 0.25) is 10.0 Å². The predicted octanol–water partition coefficient (Wildman–Crippen LogP) is 5.21. The lowest BCUT2D eigenvalue weighted by Crippen LogP contribution is -1.90. The van der Waals surface area contributed by atoms with Crippen LogP contribution in [0.4, 0.5) is 5.82 Å². The molecular formula is C16H12Cl2N2O. The summed E-state index contributed by atoms with van der Waals surface area (Å²) in [6, 6.07) is 13.2. The molecule has 1 aromatic heterocycles. The zero-order valence-corrected chi connectivity index (χ0v) is 12.7. The van der Waals surface area contributed by atoms with Crippen LogP contribution in [0.25, 0.3) is 22.5 Å². The minimum Gasteiger partial charge on any atom is -0.380 e. The number of aromatic nitrogens is 1. The molecule has 1 heterocycles. The Hall–Kier alpha value is -1.97. The maximum absolute atomic E-state index is 6.27. The van der Waals surface area contributed by atoms with Gasteiger partial charge in [0.2, 0.25) is 0 Å². The number of nitrogens with zero attached hydrogens (tertiary/aromatic N) is 1. The molecule has 0 amide bonds. The number of nitrogen functional groups attached to an aromatic ring is 1. The summed E-state index contributed by atoms with van der Waals surface area (Å²) in [5.74, 6) is 0.895. The van der Waals surface area contributed by atoms with E-state index in [2.05, 4.69) is 5.16 Å². The third-order valence-corrected chi connectivity index (χ3v) is 3.78. The van der Waals surface area contributed by atoms with E-state index >= 15 is 0 Å². The molecule has 0 aliphatic heterocycles. The Morgan fingerprint density at radius 2 is 1.76 bits per heavy atom. The van der Waals surface area contributed by atoms with Crippen LogP contribution in [0.3, 0.4) is 0 Å². The third-order valence-electron chi connectivity index (χ3n) is 3.23. The van der Waals surface area contributed by atoms with Crippen molar-refractivity contribution in [2.45, 2.75) is 6.92 Å². The van der Waals surface area contributed by atoms with Gasteiger partial charge in [-0.1, -0.05) is 64.3 Å². The molecule has 0 unspecified atom stereocenters. The van der Waals surface area contributed by atoms with E-state index < -0.39 is 0 Å². The van der Waals surface area contributed by atoms with Gasteiger partial charge in [0.25, 0.3) is 0 Å². The van der Waals surface area contributed by atoms with Crippen LogP contribution >= 0.6 is 23.2 Å². The monoisotopic (exact) mass is 318 g/mol. The van der Waals surface area contributed by atoms with Gasteiger partial charge in [-0.2, -0.15) is 0 Å². The van der Waals surface area contributed by atoms with E-state index in [-0.39, 0.29) is 0 Å². The molecule has 3 aromatic rings. The highest BCUT2D eigenvalue weighted by molar-refractivity contribution is 6.36. The Kier molecular flexibility index (Phi) is 3.62. The molecule has 0 aliphatic carbocycles. The van der Waals surface area contributed by atoms with Crippen molar-refractivity contribution in [2.75, 3.05) is 5.73 Å². The Bertz CT molecular complexity index is 795. The smallest absolute Gasteiger partial charge is 0.176 e. The van der Waals surface area contributed by atoms with Crippen LogP contribution in [0, 0.1) is 6.92 Å². The van der Waals surface area contributed by atoms with E-state index in [0.29, 0.717) is 27.2 Å². The van der Waals surface area contributed by atoms with E-state index in [0.717, 1.165) is 16.7 Å². The molecule has 3 rings (SSSR count). The quantitative estimate of drug-likeness (QED) is 0.706. The second kappa shape index (κ2) is 5.43. The Morgan fingerprint density at radius 3 is 2.43 bits per heavy atom. The van der Waals surface area contributed by atoms with Crippen LogP contribution in [0.15, 0.2) is 47.0 Å². The average molecular weight is 319 g/mol. The van der Waals surface area contributed by atoms with E-state index in [4.69, 9.17) is 33.5 Å². The van der Waals surface area contributed by atoms with Gasteiger partial charge in [-0.25, -0.2) is 0 Å². The number of benzene rings is 2. The Balaban J connectivity index is 2.19. The van der Waals surface area contributed by atoms with Gasteiger partial charge in [-0.15, -0.1) is 0 Å². The largest absolute Gasteiger partial charge is 0.380 e. The molecule has 0 atom stereocenters. The molecule has 0 spiro atoms. The topological polar surface area (TPSA) is 52.0 Å². The molecule has 0 aliphatic rings. The summed E-state index contributed by atoms with van der Waals surface area (Å²) in [4.78, 5) is 0. The molecule has 0 saturated heterocycles. The van der Waals surface area contributed by atoms with Gasteiger partial charge >= 0.3 is 0 Å². The Labute approximate surface area is 132 Å². The van der Waals surface area contributed by atoms with Crippen molar-refractivity contribution < 1.29 is 4.52 Å². The Morgan fingerprint density at radius 1 is 1.05 bits per heavy atom. The second-order valence-corrected chi connectivity index (χ2v) is 5.61. The number of hydrogen-bond acceptors (Lipinski definition) is 3. The standard InChI is InChI=1S/C16H12Cl2N2O/c1-9-2-4-10(5-3-9)15-14(16(19)20-21-15)12-7-6-11(17)8-13(12)18/h2-8H,1H3,(H2,19,20). The molecule has 5 heteroatoms. The first-order valence-electron chi connectivity index (χ1n) is 6.34. The highest BCUT2D eigenvalue weighted by Gasteiger charge is 2.19. The first kappa shape index (κ1) is 14.0. The van der Waals surface area contributed by atoms with Gasteiger partial charge in [0.1, 0.15) is 0 Å². The van der Waals surface area contributed by atoms with Gasteiger partial charge in [0.05, 0.1) is 10.6 Å². The lowest BCUT2D eigenvalue weighted by atomic mass is 10.0. The lowest BCUT2D eigenvalue weighted by Gasteiger charge is -2.06. The van der Waals surface area contributed by atoms with Crippen molar-refractivity contribution in [3.05, 3.63) is 58.1 Å². The summed E-state index contributed by atoms with van der Waals surface area (Å²) in [6.45, 7) is 2.02. The minimum atomic E-state index is 0.301. The molecule has 0 radical (unpaired) electrons. The third kappa shape index (κ3) is 2.62. The number of anilines is 1. The van der Waals surface area contributed by atoms with Gasteiger partial charge in [-0.3, -0.25) is 0 Å². The summed E-state index contributed by atoms with van der Waals surface area (Å²) >= 11 is 12.2. The summed E-state index contributed by atoms with van der Waals surface area (Å²) in [6.07, 6.45) is 0. The molecule has 2 N–H and O–H groups in total. The summed E-state index contributed by atoms with van der Waals surface area (Å²) in [5, 5.41) is 4.94. The van der Waals surface area contributed by atoms with Crippen LogP contribution in [-0.4, -0.2) is 5.16 Å². The van der Waals surface area contributed by atoms with Crippen molar-refractivity contribution >= 4 is 29.0 Å². The highest BCUT2D eigenvalue weighted by atomic mass is 35.5. The zero-order chi connectivity index (χ0) is 15.0. The fourth-order valence-corrected chi connectivity index (χ4v) is 2.66. The zero-order valence-electron chi connectivity index (χ0n) is 11.2. The SMILES string of the molecule is Cc1ccc(-c2onc(N)c2-c2ccc(Cl)cc2Cl)cc1. The maximum Gasteiger partial charge on any atom is 0.176 e. The van der Waals surface area contributed by atoms with Crippen molar-refractivity contribution in [1.29, 1.82) is 0 Å². The minimum absolute atomic E-state index is 0.301. The molecule has 0 fully saturated rings. The van der Waals surface area contributed by atoms with Crippen molar-refractivity contribution in [2.24, 2.45) is 0 Å². The number of halogens is 2. The first-order chi connectivity index (χ1) is 10.1. The molecule has 2 aromatic carbocycles. The predicted molar refractivity (Wildman–Crippen MR) is 86.5 cm³/mol. The van der Waals surface area contributed by atoms with Crippen LogP contribution in [0.1, 0.15) is 5.56 Å². The van der Waals surface area contributed by atoms with E-state index in [1.165, 1.54) is 0 Å². The van der Waals surface area contributed by atoms with Crippen LogP contribution in [0.5, 0.6) is 0 Å². The second-order valence-electron chi connectivity index (χ2n) is 4.76. The van der Waals surface area contributed by atoms with Crippen molar-refractivity contribution in [3.63, 3.8) is 0 Å². The molecule has 106 valence electrons. The number of rotatable bonds is 2. The summed E-state index contributed by atoms with van der Waals surface area (Å²) in [7, 11) is 0. The van der Waals surface area contributed by atoms with Crippen LogP contribution < -0.4 is 5.73 Å². The van der Waals surface area contributed by atoms with Crippen molar-refractivity contribution in [1.82, 2.24) is 5.16 Å². The van der Waals surface area contributed by atoms with Crippen molar-refractivity contribution in [3.8, 4) is 22.5 Å². The molecule has 3 nitrogen and oxygen atoms in total. The number of hydrogen-bond donors (Lipinski definition) is 1. The lowest BCUT2D eigenvalue weighted by molar-refractivity contribution is 0.436. The van der Waals surface area contributed by atoms with E-state index in [1.807, 2.05) is 37.3 Å². The fourth-order valence-electron chi connectivity index (χ4n) is 2.16. The average Bonchev–Trinajstić information content (AvgIpc) is 2.82. The van der Waals surface area contributed by atoms with Crippen LogP contribution in [-0.2, 0) is 0 Å². The number of nitrogens with two attached hydrogens (primary N) is 1. The molecule has 0 saturated carbocycles. The fraction of sp³-hybridized carbons (Fsp3) is 0.0625. The normalized spacial score (nSPS) is 10.8. The van der Waals surface area contributed by atoms with Gasteiger partial charge in [0, 0.05) is 16.1 Å². The highest BCUT2D eigenvalue weighted by Crippen LogP contribution is 2.40. The summed E-state index contributed by atoms with van der Waals surface area (Å²) in [5.41, 5.74) is 9.44. The molecule has 21 heavy (non-hydrogen) atoms. The molecular weight excluding hydrogens is 307 g/mol. The maximum atomic E-state index is 6.27. The number of aryl methyl sites for hydroxylation is 1. The summed E-state index contributed by atoms with van der Waals surface area (Å²) < 4.78 is 5.39.